The Hall–Kier alpha value is -1.54. The van der Waals surface area contributed by atoms with Crippen LogP contribution < -0.4 is 0 Å². The zero-order valence-electron chi connectivity index (χ0n) is 7.83. The summed E-state index contributed by atoms with van der Waals surface area (Å²) in [5.41, 5.74) is 0.724. The second-order valence-electron chi connectivity index (χ2n) is 3.31. The summed E-state index contributed by atoms with van der Waals surface area (Å²) < 4.78 is 0. The predicted octanol–water partition coefficient (Wildman–Crippen LogP) is 3.37. The number of rotatable bonds is 1. The van der Waals surface area contributed by atoms with Crippen LogP contribution in [-0.4, -0.2) is 11.1 Å². The van der Waals surface area contributed by atoms with Crippen molar-refractivity contribution in [2.75, 3.05) is 0 Å². The first-order valence-electron chi connectivity index (χ1n) is 4.36. The minimum Gasteiger partial charge on any atom is -0.478 e. The molecular weight excluding hydrogens is 212 g/mol. The van der Waals surface area contributed by atoms with Crippen LogP contribution in [0.15, 0.2) is 30.3 Å². The third kappa shape index (κ3) is 1.81. The molecule has 0 saturated carbocycles. The van der Waals surface area contributed by atoms with E-state index in [0.29, 0.717) is 10.6 Å². The first kappa shape index (κ1) is 9.99. The highest BCUT2D eigenvalue weighted by atomic mass is 35.5. The van der Waals surface area contributed by atoms with E-state index in [9.17, 15) is 4.79 Å². The first-order chi connectivity index (χ1) is 7.08. The molecule has 2 aromatic carbocycles. The lowest BCUT2D eigenvalue weighted by Gasteiger charge is -2.04. The Morgan fingerprint density at radius 1 is 1.20 bits per heavy atom. The number of halogens is 1. The fourth-order valence-electron chi connectivity index (χ4n) is 1.51. The van der Waals surface area contributed by atoms with Gasteiger partial charge < -0.3 is 5.11 Å². The highest BCUT2D eigenvalue weighted by molar-refractivity contribution is 6.31. The molecule has 0 atom stereocenters. The van der Waals surface area contributed by atoms with Crippen molar-refractivity contribution in [2.24, 2.45) is 0 Å². The van der Waals surface area contributed by atoms with Gasteiger partial charge >= 0.3 is 5.97 Å². The number of fused-ring (bicyclic) bond motifs is 1. The number of hydrogen-bond donors (Lipinski definition) is 1. The molecule has 0 aliphatic rings. The second-order valence-corrected chi connectivity index (χ2v) is 3.74. The second kappa shape index (κ2) is 3.55. The molecule has 2 rings (SSSR count). The van der Waals surface area contributed by atoms with E-state index in [2.05, 4.69) is 6.92 Å². The summed E-state index contributed by atoms with van der Waals surface area (Å²) in [6.45, 7) is 3.70. The number of hydrogen-bond acceptors (Lipinski definition) is 1. The normalized spacial score (nSPS) is 10.5. The summed E-state index contributed by atoms with van der Waals surface area (Å²) in [7, 11) is 0. The Labute approximate surface area is 92.1 Å². The average molecular weight is 220 g/mol. The molecule has 0 aromatic heterocycles. The summed E-state index contributed by atoms with van der Waals surface area (Å²) in [6.07, 6.45) is 0. The molecule has 0 amide bonds. The van der Waals surface area contributed by atoms with Gasteiger partial charge in [0.1, 0.15) is 0 Å². The van der Waals surface area contributed by atoms with Crippen LogP contribution in [0.4, 0.5) is 0 Å². The Kier molecular flexibility index (Phi) is 2.37. The van der Waals surface area contributed by atoms with E-state index < -0.39 is 5.97 Å². The predicted molar refractivity (Wildman–Crippen MR) is 60.4 cm³/mol. The van der Waals surface area contributed by atoms with E-state index in [0.717, 1.165) is 10.8 Å². The third-order valence-electron chi connectivity index (χ3n) is 2.25. The maximum atomic E-state index is 10.9. The molecule has 2 aromatic rings. The summed E-state index contributed by atoms with van der Waals surface area (Å²) in [5, 5.41) is 11.3. The lowest BCUT2D eigenvalue weighted by Crippen LogP contribution is -1.99. The van der Waals surface area contributed by atoms with Crippen molar-refractivity contribution >= 4 is 28.3 Å². The van der Waals surface area contributed by atoms with Crippen LogP contribution in [0.2, 0.25) is 5.02 Å². The quantitative estimate of drug-likeness (QED) is 0.799. The average Bonchev–Trinajstić information content (AvgIpc) is 2.15. The topological polar surface area (TPSA) is 37.3 Å². The SMILES string of the molecule is [CH2]c1cc2cc(Cl)ccc2cc1C(=O)O. The number of carboxylic acid groups (broad SMARTS) is 1. The van der Waals surface area contributed by atoms with Crippen LogP contribution >= 0.6 is 11.6 Å². The molecule has 1 radical (unpaired) electrons. The summed E-state index contributed by atoms with van der Waals surface area (Å²) in [6, 6.07) is 8.65. The Balaban J connectivity index is 2.76. The van der Waals surface area contributed by atoms with Gasteiger partial charge in [0.15, 0.2) is 0 Å². The molecule has 3 heteroatoms. The van der Waals surface area contributed by atoms with Gasteiger partial charge in [0.05, 0.1) is 5.56 Å². The number of carbonyl (C=O) groups is 1. The lowest BCUT2D eigenvalue weighted by atomic mass is 10.0. The minimum absolute atomic E-state index is 0.227. The van der Waals surface area contributed by atoms with Gasteiger partial charge in [-0.25, -0.2) is 4.79 Å². The van der Waals surface area contributed by atoms with Crippen molar-refractivity contribution in [3.8, 4) is 0 Å². The van der Waals surface area contributed by atoms with Gasteiger partial charge in [-0.05, 0) is 41.5 Å². The fourth-order valence-corrected chi connectivity index (χ4v) is 1.70. The molecular formula is C12H8ClO2. The Morgan fingerprint density at radius 3 is 2.60 bits per heavy atom. The zero-order chi connectivity index (χ0) is 11.0. The fraction of sp³-hybridized carbons (Fsp3) is 0. The van der Waals surface area contributed by atoms with E-state index in [1.807, 2.05) is 0 Å². The maximum Gasteiger partial charge on any atom is 0.335 e. The van der Waals surface area contributed by atoms with Crippen molar-refractivity contribution in [1.29, 1.82) is 0 Å². The number of aromatic carboxylic acids is 1. The molecule has 0 saturated heterocycles. The smallest absolute Gasteiger partial charge is 0.335 e. The molecule has 0 bridgehead atoms. The van der Waals surface area contributed by atoms with Crippen LogP contribution in [0, 0.1) is 6.92 Å². The molecule has 0 spiro atoms. The molecule has 2 nitrogen and oxygen atoms in total. The van der Waals surface area contributed by atoms with Crippen LogP contribution in [0.5, 0.6) is 0 Å². The minimum atomic E-state index is -0.961. The summed E-state index contributed by atoms with van der Waals surface area (Å²) in [5.74, 6) is -0.961. The van der Waals surface area contributed by atoms with Gasteiger partial charge in [-0.2, -0.15) is 0 Å². The van der Waals surface area contributed by atoms with E-state index >= 15 is 0 Å². The number of benzene rings is 2. The molecule has 0 heterocycles. The van der Waals surface area contributed by atoms with Gasteiger partial charge in [-0.3, -0.25) is 0 Å². The monoisotopic (exact) mass is 219 g/mol. The van der Waals surface area contributed by atoms with Gasteiger partial charge in [-0.1, -0.05) is 23.7 Å². The molecule has 0 fully saturated rings. The summed E-state index contributed by atoms with van der Waals surface area (Å²) in [4.78, 5) is 10.9. The Morgan fingerprint density at radius 2 is 1.93 bits per heavy atom. The van der Waals surface area contributed by atoms with Gasteiger partial charge in [0.25, 0.3) is 0 Å². The van der Waals surface area contributed by atoms with Crippen LogP contribution in [0.3, 0.4) is 0 Å². The van der Waals surface area contributed by atoms with Crippen LogP contribution in [0.1, 0.15) is 15.9 Å². The molecule has 1 N–H and O–H groups in total. The molecule has 0 aliphatic carbocycles. The Bertz CT molecular complexity index is 547. The first-order valence-corrected chi connectivity index (χ1v) is 4.74. The van der Waals surface area contributed by atoms with Crippen molar-refractivity contribution in [1.82, 2.24) is 0 Å². The summed E-state index contributed by atoms with van der Waals surface area (Å²) >= 11 is 5.84. The van der Waals surface area contributed by atoms with E-state index in [1.165, 1.54) is 0 Å². The van der Waals surface area contributed by atoms with Crippen molar-refractivity contribution in [3.05, 3.63) is 53.4 Å². The highest BCUT2D eigenvalue weighted by Gasteiger charge is 2.08. The van der Waals surface area contributed by atoms with E-state index in [-0.39, 0.29) is 5.56 Å². The zero-order valence-corrected chi connectivity index (χ0v) is 8.58. The van der Waals surface area contributed by atoms with Gasteiger partial charge in [-0.15, -0.1) is 0 Å². The standard InChI is InChI=1S/C12H8ClO2/c1-7-4-9-5-10(13)3-2-8(9)6-11(7)12(14)15/h2-6H,1H2,(H,14,15). The molecule has 0 aliphatic heterocycles. The highest BCUT2D eigenvalue weighted by Crippen LogP contribution is 2.23. The van der Waals surface area contributed by atoms with Gasteiger partial charge in [0, 0.05) is 5.02 Å². The third-order valence-corrected chi connectivity index (χ3v) is 2.49. The lowest BCUT2D eigenvalue weighted by molar-refractivity contribution is 0.0696. The van der Waals surface area contributed by atoms with Gasteiger partial charge in [0.2, 0.25) is 0 Å². The van der Waals surface area contributed by atoms with E-state index in [4.69, 9.17) is 16.7 Å². The van der Waals surface area contributed by atoms with E-state index in [1.54, 1.807) is 30.3 Å². The van der Waals surface area contributed by atoms with Crippen LogP contribution in [0.25, 0.3) is 10.8 Å². The van der Waals surface area contributed by atoms with Crippen molar-refractivity contribution in [3.63, 3.8) is 0 Å². The maximum absolute atomic E-state index is 10.9. The molecule has 75 valence electrons. The molecule has 15 heavy (non-hydrogen) atoms. The number of carboxylic acids is 1. The van der Waals surface area contributed by atoms with Crippen molar-refractivity contribution < 1.29 is 9.90 Å². The largest absolute Gasteiger partial charge is 0.478 e. The van der Waals surface area contributed by atoms with Crippen molar-refractivity contribution in [2.45, 2.75) is 0 Å². The molecule has 0 unspecified atom stereocenters. The van der Waals surface area contributed by atoms with Crippen LogP contribution in [-0.2, 0) is 0 Å².